The molecule has 0 unspecified atom stereocenters. The van der Waals surface area contributed by atoms with Crippen molar-refractivity contribution in [2.75, 3.05) is 23.8 Å². The minimum atomic E-state index is -0.227. The smallest absolute Gasteiger partial charge is 0.146 e. The largest absolute Gasteiger partial charge is 0.374 e. The summed E-state index contributed by atoms with van der Waals surface area (Å²) < 4.78 is 13.5. The average Bonchev–Trinajstić information content (AvgIpc) is 2.74. The molecule has 2 aromatic rings. The molecule has 0 bridgehead atoms. The Morgan fingerprint density at radius 1 is 1.17 bits per heavy atom. The Kier molecular flexibility index (Phi) is 2.67. The molecule has 0 aliphatic carbocycles. The third kappa shape index (κ3) is 1.92. The van der Waals surface area contributed by atoms with Gasteiger partial charge in [-0.1, -0.05) is 12.1 Å². The van der Waals surface area contributed by atoms with Crippen molar-refractivity contribution in [3.63, 3.8) is 0 Å². The van der Waals surface area contributed by atoms with E-state index in [1.165, 1.54) is 17.3 Å². The summed E-state index contributed by atoms with van der Waals surface area (Å²) >= 11 is 0. The first-order valence-electron chi connectivity index (χ1n) is 6.09. The first-order valence-corrected chi connectivity index (χ1v) is 6.09. The van der Waals surface area contributed by atoms with E-state index in [1.54, 1.807) is 12.1 Å². The quantitative estimate of drug-likeness (QED) is 0.866. The Hall–Kier alpha value is -2.03. The van der Waals surface area contributed by atoms with Gasteiger partial charge < -0.3 is 10.2 Å². The molecule has 3 rings (SSSR count). The highest BCUT2D eigenvalue weighted by molar-refractivity contribution is 5.68. The summed E-state index contributed by atoms with van der Waals surface area (Å²) in [6, 6.07) is 12.9. The molecule has 0 fully saturated rings. The SMILES string of the molecule is CN1CCc2cc(Nc3ccccc3F)ccc21. The van der Waals surface area contributed by atoms with Gasteiger partial charge in [-0.25, -0.2) is 4.39 Å². The van der Waals surface area contributed by atoms with Gasteiger partial charge in [0.1, 0.15) is 5.82 Å². The Balaban J connectivity index is 1.89. The van der Waals surface area contributed by atoms with E-state index in [-0.39, 0.29) is 5.82 Å². The number of rotatable bonds is 2. The van der Waals surface area contributed by atoms with Gasteiger partial charge in [0.2, 0.25) is 0 Å². The molecule has 92 valence electrons. The number of nitrogens with zero attached hydrogens (tertiary/aromatic N) is 1. The standard InChI is InChI=1S/C15H15FN2/c1-18-9-8-11-10-12(6-7-15(11)18)17-14-5-3-2-4-13(14)16/h2-7,10,17H,8-9H2,1H3. The Morgan fingerprint density at radius 3 is 2.83 bits per heavy atom. The second kappa shape index (κ2) is 4.33. The van der Waals surface area contributed by atoms with Crippen molar-refractivity contribution in [3.05, 3.63) is 53.8 Å². The van der Waals surface area contributed by atoms with Gasteiger partial charge in [-0.2, -0.15) is 0 Å². The van der Waals surface area contributed by atoms with E-state index in [4.69, 9.17) is 0 Å². The number of nitrogens with one attached hydrogen (secondary N) is 1. The van der Waals surface area contributed by atoms with Gasteiger partial charge in [-0.15, -0.1) is 0 Å². The number of likely N-dealkylation sites (N-methyl/N-ethyl adjacent to an activating group) is 1. The summed E-state index contributed by atoms with van der Waals surface area (Å²) in [5.74, 6) is -0.227. The van der Waals surface area contributed by atoms with Crippen LogP contribution in [0.15, 0.2) is 42.5 Å². The fraction of sp³-hybridized carbons (Fsp3) is 0.200. The highest BCUT2D eigenvalue weighted by Crippen LogP contribution is 2.30. The lowest BCUT2D eigenvalue weighted by Gasteiger charge is -2.13. The average molecular weight is 242 g/mol. The van der Waals surface area contributed by atoms with Crippen molar-refractivity contribution in [1.29, 1.82) is 0 Å². The molecule has 0 aromatic heterocycles. The zero-order chi connectivity index (χ0) is 12.5. The number of fused-ring (bicyclic) bond motifs is 1. The van der Waals surface area contributed by atoms with Crippen molar-refractivity contribution in [1.82, 2.24) is 0 Å². The highest BCUT2D eigenvalue weighted by Gasteiger charge is 2.15. The monoisotopic (exact) mass is 242 g/mol. The van der Waals surface area contributed by atoms with Crippen molar-refractivity contribution in [2.24, 2.45) is 0 Å². The van der Waals surface area contributed by atoms with E-state index < -0.39 is 0 Å². The second-order valence-corrected chi connectivity index (χ2v) is 4.62. The predicted molar refractivity (Wildman–Crippen MR) is 73.1 cm³/mol. The fourth-order valence-electron chi connectivity index (χ4n) is 2.36. The summed E-state index contributed by atoms with van der Waals surface area (Å²) in [5.41, 5.74) is 4.05. The second-order valence-electron chi connectivity index (χ2n) is 4.62. The number of halogens is 1. The molecule has 2 nitrogen and oxygen atoms in total. The van der Waals surface area contributed by atoms with Crippen molar-refractivity contribution in [2.45, 2.75) is 6.42 Å². The third-order valence-corrected chi connectivity index (χ3v) is 3.36. The van der Waals surface area contributed by atoms with Crippen LogP contribution in [0.4, 0.5) is 21.5 Å². The van der Waals surface area contributed by atoms with E-state index in [2.05, 4.69) is 29.4 Å². The molecule has 18 heavy (non-hydrogen) atoms. The summed E-state index contributed by atoms with van der Waals surface area (Å²) in [4.78, 5) is 2.24. The Labute approximate surface area is 106 Å². The molecule has 1 N–H and O–H groups in total. The summed E-state index contributed by atoms with van der Waals surface area (Å²) in [6.07, 6.45) is 1.05. The lowest BCUT2D eigenvalue weighted by molar-refractivity contribution is 0.632. The molecular formula is C15H15FN2. The van der Waals surface area contributed by atoms with Crippen LogP contribution in [0.3, 0.4) is 0 Å². The molecule has 0 saturated carbocycles. The van der Waals surface area contributed by atoms with Crippen molar-refractivity contribution < 1.29 is 4.39 Å². The molecule has 3 heteroatoms. The van der Waals surface area contributed by atoms with Gasteiger partial charge in [-0.3, -0.25) is 0 Å². The van der Waals surface area contributed by atoms with Crippen LogP contribution in [0, 0.1) is 5.82 Å². The first kappa shape index (κ1) is 11.1. The molecule has 0 saturated heterocycles. The molecule has 1 aliphatic heterocycles. The predicted octanol–water partition coefficient (Wildman–Crippen LogP) is 3.56. The lowest BCUT2D eigenvalue weighted by Crippen LogP contribution is -2.12. The maximum atomic E-state index is 13.5. The summed E-state index contributed by atoms with van der Waals surface area (Å²) in [7, 11) is 2.09. The number of para-hydroxylation sites is 1. The van der Waals surface area contributed by atoms with E-state index in [1.807, 2.05) is 12.1 Å². The van der Waals surface area contributed by atoms with Gasteiger partial charge >= 0.3 is 0 Å². The van der Waals surface area contributed by atoms with E-state index in [9.17, 15) is 4.39 Å². The molecule has 1 heterocycles. The van der Waals surface area contributed by atoms with Crippen LogP contribution in [-0.4, -0.2) is 13.6 Å². The molecule has 0 radical (unpaired) electrons. The van der Waals surface area contributed by atoms with Gasteiger partial charge in [0.05, 0.1) is 5.69 Å². The van der Waals surface area contributed by atoms with E-state index in [0.717, 1.165) is 18.7 Å². The van der Waals surface area contributed by atoms with Crippen LogP contribution in [0.25, 0.3) is 0 Å². The maximum Gasteiger partial charge on any atom is 0.146 e. The third-order valence-electron chi connectivity index (χ3n) is 3.36. The van der Waals surface area contributed by atoms with Gasteiger partial charge in [0.25, 0.3) is 0 Å². The maximum absolute atomic E-state index is 13.5. The summed E-state index contributed by atoms with van der Waals surface area (Å²) in [6.45, 7) is 1.05. The molecule has 0 spiro atoms. The number of anilines is 3. The van der Waals surface area contributed by atoms with Crippen molar-refractivity contribution >= 4 is 17.1 Å². The summed E-state index contributed by atoms with van der Waals surface area (Å²) in [5, 5.41) is 3.12. The van der Waals surface area contributed by atoms with E-state index >= 15 is 0 Å². The Morgan fingerprint density at radius 2 is 2.00 bits per heavy atom. The number of hydrogen-bond donors (Lipinski definition) is 1. The van der Waals surface area contributed by atoms with Gasteiger partial charge in [-0.05, 0) is 42.3 Å². The molecule has 2 aromatic carbocycles. The van der Waals surface area contributed by atoms with Crippen LogP contribution in [-0.2, 0) is 6.42 Å². The highest BCUT2D eigenvalue weighted by atomic mass is 19.1. The zero-order valence-corrected chi connectivity index (χ0v) is 10.3. The normalized spacial score (nSPS) is 13.6. The van der Waals surface area contributed by atoms with Crippen LogP contribution in [0.5, 0.6) is 0 Å². The van der Waals surface area contributed by atoms with Crippen LogP contribution < -0.4 is 10.2 Å². The molecule has 0 amide bonds. The van der Waals surface area contributed by atoms with E-state index in [0.29, 0.717) is 5.69 Å². The Bertz CT molecular complexity index is 580. The topological polar surface area (TPSA) is 15.3 Å². The molecular weight excluding hydrogens is 227 g/mol. The zero-order valence-electron chi connectivity index (χ0n) is 10.3. The van der Waals surface area contributed by atoms with Gasteiger partial charge in [0.15, 0.2) is 0 Å². The number of benzene rings is 2. The minimum absolute atomic E-state index is 0.227. The van der Waals surface area contributed by atoms with Crippen LogP contribution >= 0.6 is 0 Å². The fourth-order valence-corrected chi connectivity index (χ4v) is 2.36. The van der Waals surface area contributed by atoms with Crippen LogP contribution in [0.2, 0.25) is 0 Å². The molecule has 0 atom stereocenters. The van der Waals surface area contributed by atoms with Gasteiger partial charge in [0, 0.05) is 25.0 Å². The number of hydrogen-bond acceptors (Lipinski definition) is 2. The van der Waals surface area contributed by atoms with Crippen LogP contribution in [0.1, 0.15) is 5.56 Å². The minimum Gasteiger partial charge on any atom is -0.374 e. The lowest BCUT2D eigenvalue weighted by atomic mass is 10.1. The molecule has 1 aliphatic rings. The first-order chi connectivity index (χ1) is 8.74. The van der Waals surface area contributed by atoms with Crippen molar-refractivity contribution in [3.8, 4) is 0 Å².